The highest BCUT2D eigenvalue weighted by atomic mass is 32.2. The van der Waals surface area contributed by atoms with Crippen molar-refractivity contribution in [3.8, 4) is 17.1 Å². The second-order valence-electron chi connectivity index (χ2n) is 12.5. The minimum absolute atomic E-state index is 0.00785. The molecule has 1 unspecified atom stereocenters. The Morgan fingerprint density at radius 3 is 2.07 bits per heavy atom. The largest absolute Gasteiger partial charge is 0.494 e. The molecule has 8 nitrogen and oxygen atoms in total. The van der Waals surface area contributed by atoms with Gasteiger partial charge in [-0.2, -0.15) is 0 Å². The number of benzene rings is 5. The summed E-state index contributed by atoms with van der Waals surface area (Å²) < 4.78 is 11.8. The fourth-order valence-electron chi connectivity index (χ4n) is 5.42. The number of hydrogen-bond acceptors (Lipinski definition) is 6. The monoisotopic (exact) mass is 735 g/mol. The van der Waals surface area contributed by atoms with Crippen LogP contribution in [-0.4, -0.2) is 24.3 Å². The summed E-state index contributed by atoms with van der Waals surface area (Å²) in [7, 11) is 0. The summed E-state index contributed by atoms with van der Waals surface area (Å²) in [5.41, 5.74) is 4.47. The van der Waals surface area contributed by atoms with Crippen LogP contribution in [0.4, 0.5) is 11.4 Å². The lowest BCUT2D eigenvalue weighted by molar-refractivity contribution is -0.116. The number of unbranched alkanes of at least 4 members (excludes halogenated alkanes) is 1. The molecule has 54 heavy (non-hydrogen) atoms. The number of nitrogens with one attached hydrogen (secondary N) is 3. The molecule has 1 atom stereocenters. The number of rotatable bonds is 15. The first-order chi connectivity index (χ1) is 26.3. The molecule has 0 aliphatic heterocycles. The van der Waals surface area contributed by atoms with Crippen LogP contribution in [-0.2, 0) is 9.59 Å². The highest BCUT2D eigenvalue weighted by Crippen LogP contribution is 2.37. The van der Waals surface area contributed by atoms with Gasteiger partial charge in [-0.3, -0.25) is 14.4 Å². The van der Waals surface area contributed by atoms with Crippen molar-refractivity contribution in [1.82, 2.24) is 5.32 Å². The van der Waals surface area contributed by atoms with Crippen molar-refractivity contribution >= 4 is 46.9 Å². The van der Waals surface area contributed by atoms with E-state index in [4.69, 9.17) is 9.15 Å². The summed E-state index contributed by atoms with van der Waals surface area (Å²) in [6, 6.07) is 44.4. The average Bonchev–Trinajstić information content (AvgIpc) is 3.67. The van der Waals surface area contributed by atoms with E-state index in [1.807, 2.05) is 110 Å². The zero-order chi connectivity index (χ0) is 37.7. The fraction of sp³-hybridized carbons (Fsp3) is 0.133. The Kier molecular flexibility index (Phi) is 12.8. The van der Waals surface area contributed by atoms with Crippen LogP contribution in [0.2, 0.25) is 0 Å². The Balaban J connectivity index is 1.16. The van der Waals surface area contributed by atoms with E-state index in [0.717, 1.165) is 40.2 Å². The Bertz CT molecular complexity index is 2180. The second-order valence-corrected chi connectivity index (χ2v) is 13.7. The van der Waals surface area contributed by atoms with Gasteiger partial charge in [0.2, 0.25) is 5.91 Å². The number of carbonyl (C=O) groups is 3. The maximum Gasteiger partial charge on any atom is 0.272 e. The van der Waals surface area contributed by atoms with Crippen LogP contribution in [0.1, 0.15) is 52.3 Å². The van der Waals surface area contributed by atoms with E-state index in [9.17, 15) is 14.4 Å². The molecule has 5 aromatic carbocycles. The number of aryl methyl sites for hydroxylation is 1. The second kappa shape index (κ2) is 18.4. The Labute approximate surface area is 319 Å². The van der Waals surface area contributed by atoms with E-state index in [0.29, 0.717) is 35.1 Å². The molecule has 0 bridgehead atoms. The molecule has 9 heteroatoms. The minimum Gasteiger partial charge on any atom is -0.494 e. The smallest absolute Gasteiger partial charge is 0.272 e. The Morgan fingerprint density at radius 1 is 0.741 bits per heavy atom. The van der Waals surface area contributed by atoms with Crippen molar-refractivity contribution in [3.05, 3.63) is 174 Å². The number of thioether (sulfide) groups is 1. The highest BCUT2D eigenvalue weighted by molar-refractivity contribution is 8.00. The number of ether oxygens (including phenoxy) is 1. The third kappa shape index (κ3) is 10.4. The molecule has 272 valence electrons. The molecule has 1 aromatic heterocycles. The van der Waals surface area contributed by atoms with Crippen LogP contribution in [0, 0.1) is 6.92 Å². The standard InChI is InChI=1S/C45H41N3O5S/c1-3-4-29-52-37-23-19-35(20-24-37)47-45(51)42(33-11-7-5-8-12-33)54-39-26-21-36(22-27-39)46-44(50)40(48-43(49)34-13-9-6-10-14-34)30-38-25-28-41(53-38)32-17-15-31(2)16-18-32/h5-28,30,42H,3-4,29H2,1-2H3,(H,46,50)(H,47,51)(H,48,49)/b40-30-. The number of furan rings is 1. The van der Waals surface area contributed by atoms with Gasteiger partial charge >= 0.3 is 0 Å². The molecule has 0 saturated carbocycles. The van der Waals surface area contributed by atoms with E-state index < -0.39 is 17.1 Å². The molecule has 0 aliphatic rings. The number of anilines is 2. The van der Waals surface area contributed by atoms with Gasteiger partial charge in [0.1, 0.15) is 28.2 Å². The minimum atomic E-state index is -0.548. The summed E-state index contributed by atoms with van der Waals surface area (Å²) in [5, 5.41) is 8.14. The quantitative estimate of drug-likeness (QED) is 0.0550. The van der Waals surface area contributed by atoms with Crippen molar-refractivity contribution in [2.75, 3.05) is 17.2 Å². The van der Waals surface area contributed by atoms with Crippen LogP contribution in [0.5, 0.6) is 5.75 Å². The zero-order valence-electron chi connectivity index (χ0n) is 30.1. The van der Waals surface area contributed by atoms with Gasteiger partial charge < -0.3 is 25.1 Å². The predicted molar refractivity (Wildman–Crippen MR) is 216 cm³/mol. The molecular formula is C45H41N3O5S. The van der Waals surface area contributed by atoms with Crippen LogP contribution in [0.25, 0.3) is 17.4 Å². The molecule has 6 aromatic rings. The van der Waals surface area contributed by atoms with Crippen molar-refractivity contribution in [2.24, 2.45) is 0 Å². The van der Waals surface area contributed by atoms with Gasteiger partial charge in [0, 0.05) is 33.5 Å². The molecule has 3 N–H and O–H groups in total. The summed E-state index contributed by atoms with van der Waals surface area (Å²) in [5.74, 6) is 0.660. The molecule has 3 amide bonds. The molecule has 0 aliphatic carbocycles. The maximum atomic E-state index is 13.7. The molecular weight excluding hydrogens is 695 g/mol. The third-order valence-electron chi connectivity index (χ3n) is 8.37. The van der Waals surface area contributed by atoms with Crippen LogP contribution < -0.4 is 20.7 Å². The van der Waals surface area contributed by atoms with Crippen molar-refractivity contribution in [3.63, 3.8) is 0 Å². The summed E-state index contributed by atoms with van der Waals surface area (Å²) in [4.78, 5) is 41.3. The predicted octanol–water partition coefficient (Wildman–Crippen LogP) is 10.3. The Morgan fingerprint density at radius 2 is 1.39 bits per heavy atom. The highest BCUT2D eigenvalue weighted by Gasteiger charge is 2.23. The van der Waals surface area contributed by atoms with Gasteiger partial charge in [-0.15, -0.1) is 11.8 Å². The van der Waals surface area contributed by atoms with E-state index in [2.05, 4.69) is 22.9 Å². The van der Waals surface area contributed by atoms with Gasteiger partial charge in [0.05, 0.1) is 6.61 Å². The molecule has 0 fully saturated rings. The van der Waals surface area contributed by atoms with Crippen LogP contribution in [0.3, 0.4) is 0 Å². The van der Waals surface area contributed by atoms with E-state index in [-0.39, 0.29) is 11.6 Å². The third-order valence-corrected chi connectivity index (χ3v) is 9.64. The fourth-order valence-corrected chi connectivity index (χ4v) is 6.44. The number of carbonyl (C=O) groups excluding carboxylic acids is 3. The first kappa shape index (κ1) is 37.4. The lowest BCUT2D eigenvalue weighted by atomic mass is 10.1. The number of amides is 3. The lowest BCUT2D eigenvalue weighted by Gasteiger charge is -2.18. The summed E-state index contributed by atoms with van der Waals surface area (Å²) >= 11 is 1.40. The van der Waals surface area contributed by atoms with Gasteiger partial charge in [0.15, 0.2) is 0 Å². The first-order valence-electron chi connectivity index (χ1n) is 17.8. The average molecular weight is 736 g/mol. The van der Waals surface area contributed by atoms with E-state index >= 15 is 0 Å². The van der Waals surface area contributed by atoms with E-state index in [1.165, 1.54) is 17.8 Å². The van der Waals surface area contributed by atoms with E-state index in [1.54, 1.807) is 42.5 Å². The maximum absolute atomic E-state index is 13.7. The lowest BCUT2D eigenvalue weighted by Crippen LogP contribution is -2.30. The van der Waals surface area contributed by atoms with Gasteiger partial charge in [-0.25, -0.2) is 0 Å². The molecule has 0 saturated heterocycles. The Hall–Kier alpha value is -6.32. The van der Waals surface area contributed by atoms with Crippen molar-refractivity contribution < 1.29 is 23.5 Å². The molecule has 1 heterocycles. The SMILES string of the molecule is CCCCOc1ccc(NC(=O)C(Sc2ccc(NC(=O)/C(=C/c3ccc(-c4ccc(C)cc4)o3)NC(=O)c3ccccc3)cc2)c2ccccc2)cc1. The first-order valence-corrected chi connectivity index (χ1v) is 18.6. The molecule has 6 rings (SSSR count). The van der Waals surface area contributed by atoms with Crippen molar-refractivity contribution in [2.45, 2.75) is 36.8 Å². The van der Waals surface area contributed by atoms with Crippen LogP contribution >= 0.6 is 11.8 Å². The van der Waals surface area contributed by atoms with Gasteiger partial charge in [-0.05, 0) is 91.7 Å². The summed E-state index contributed by atoms with van der Waals surface area (Å²) in [6.07, 6.45) is 3.54. The zero-order valence-corrected chi connectivity index (χ0v) is 30.9. The normalized spacial score (nSPS) is 11.7. The molecule has 0 spiro atoms. The van der Waals surface area contributed by atoms with Gasteiger partial charge in [0.25, 0.3) is 11.8 Å². The topological polar surface area (TPSA) is 110 Å². The molecule has 0 radical (unpaired) electrons. The summed E-state index contributed by atoms with van der Waals surface area (Å²) in [6.45, 7) is 4.78. The van der Waals surface area contributed by atoms with Gasteiger partial charge in [-0.1, -0.05) is 91.7 Å². The van der Waals surface area contributed by atoms with Crippen molar-refractivity contribution in [1.29, 1.82) is 0 Å². The van der Waals surface area contributed by atoms with Crippen LogP contribution in [0.15, 0.2) is 161 Å². The number of hydrogen-bond donors (Lipinski definition) is 3.